The number of carbonyl (C=O) groups excluding carboxylic acids is 1. The molecular weight excluding hydrogens is 418 g/mol. The van der Waals surface area contributed by atoms with Crippen molar-refractivity contribution in [1.82, 2.24) is 15.0 Å². The van der Waals surface area contributed by atoms with E-state index in [2.05, 4.69) is 22.2 Å². The molecule has 0 saturated heterocycles. The lowest BCUT2D eigenvalue weighted by molar-refractivity contribution is 0.0235. The van der Waals surface area contributed by atoms with Crippen molar-refractivity contribution in [2.24, 2.45) is 5.73 Å². The van der Waals surface area contributed by atoms with E-state index in [0.717, 1.165) is 41.3 Å². The Hall–Kier alpha value is -3.26. The summed E-state index contributed by atoms with van der Waals surface area (Å²) in [5, 5.41) is 5.09. The highest BCUT2D eigenvalue weighted by atomic mass is 16.5. The first-order chi connectivity index (χ1) is 15.8. The van der Waals surface area contributed by atoms with Crippen molar-refractivity contribution in [3.05, 3.63) is 47.4 Å². The van der Waals surface area contributed by atoms with Gasteiger partial charge in [-0.05, 0) is 62.3 Å². The number of anilines is 2. The molecule has 0 bridgehead atoms. The van der Waals surface area contributed by atoms with Crippen LogP contribution in [0.25, 0.3) is 10.8 Å². The van der Waals surface area contributed by atoms with Crippen LogP contribution in [0, 0.1) is 0 Å². The van der Waals surface area contributed by atoms with Gasteiger partial charge in [-0.1, -0.05) is 13.8 Å². The van der Waals surface area contributed by atoms with Crippen LogP contribution in [0.2, 0.25) is 0 Å². The van der Waals surface area contributed by atoms with Crippen molar-refractivity contribution in [1.29, 1.82) is 0 Å². The highest BCUT2D eigenvalue weighted by Crippen LogP contribution is 2.37. The van der Waals surface area contributed by atoms with E-state index in [0.29, 0.717) is 23.1 Å². The van der Waals surface area contributed by atoms with Crippen LogP contribution < -0.4 is 15.8 Å². The minimum atomic E-state index is -0.544. The van der Waals surface area contributed by atoms with Crippen molar-refractivity contribution >= 4 is 28.4 Å². The van der Waals surface area contributed by atoms with Gasteiger partial charge < -0.3 is 20.5 Å². The molecule has 0 aromatic carbocycles. The topological polar surface area (TPSA) is 112 Å². The van der Waals surface area contributed by atoms with Gasteiger partial charge in [0.2, 0.25) is 5.88 Å². The Bertz CT molecular complexity index is 1240. The molecule has 3 aromatic rings. The molecule has 8 heteroatoms. The van der Waals surface area contributed by atoms with Gasteiger partial charge in [0.05, 0.1) is 16.6 Å². The molecule has 3 aromatic heterocycles. The molecule has 3 atom stereocenters. The standard InChI is InChI=1S/C25H29N5O3/c1-5-25(4,26)19-12-28-23(33-15-6-7-15)18-11-27-21(10-17(18)19)29-20-9-8-16-22(30-20)13(2)14(3)32-24(16)31/h8-15H,5-7,26H2,1-4H3,(H,27,29,30)/t13-,14+,25?/m1/s1. The number of aromatic nitrogens is 3. The number of rotatable bonds is 6. The van der Waals surface area contributed by atoms with Crippen molar-refractivity contribution in [3.63, 3.8) is 0 Å². The Morgan fingerprint density at radius 2 is 1.97 bits per heavy atom. The Balaban J connectivity index is 1.54. The summed E-state index contributed by atoms with van der Waals surface area (Å²) in [5.74, 6) is 1.51. The first-order valence-corrected chi connectivity index (χ1v) is 11.5. The molecule has 0 spiro atoms. The number of nitrogens with one attached hydrogen (secondary N) is 1. The lowest BCUT2D eigenvalue weighted by Crippen LogP contribution is -2.32. The maximum atomic E-state index is 12.2. The maximum absolute atomic E-state index is 12.2. The van der Waals surface area contributed by atoms with Crippen molar-refractivity contribution in [3.8, 4) is 5.88 Å². The first kappa shape index (κ1) is 21.6. The summed E-state index contributed by atoms with van der Waals surface area (Å²) in [6.07, 6.45) is 6.47. The predicted molar refractivity (Wildman–Crippen MR) is 126 cm³/mol. The fraction of sp³-hybridized carbons (Fsp3) is 0.440. The number of fused-ring (bicyclic) bond motifs is 2. The summed E-state index contributed by atoms with van der Waals surface area (Å²) >= 11 is 0. The second-order valence-electron chi connectivity index (χ2n) is 9.33. The Morgan fingerprint density at radius 1 is 1.18 bits per heavy atom. The summed E-state index contributed by atoms with van der Waals surface area (Å²) < 4.78 is 11.4. The van der Waals surface area contributed by atoms with E-state index in [4.69, 9.17) is 20.2 Å². The van der Waals surface area contributed by atoms with Gasteiger partial charge in [-0.2, -0.15) is 0 Å². The number of esters is 1. The zero-order chi connectivity index (χ0) is 23.3. The minimum absolute atomic E-state index is 0.00585. The van der Waals surface area contributed by atoms with E-state index in [-0.39, 0.29) is 24.1 Å². The molecule has 4 heterocycles. The van der Waals surface area contributed by atoms with E-state index in [1.807, 2.05) is 33.0 Å². The number of nitrogens with zero attached hydrogens (tertiary/aromatic N) is 3. The highest BCUT2D eigenvalue weighted by Gasteiger charge is 2.32. The molecule has 33 heavy (non-hydrogen) atoms. The Kier molecular flexibility index (Phi) is 5.20. The third-order valence-corrected chi connectivity index (χ3v) is 6.72. The molecule has 0 radical (unpaired) electrons. The van der Waals surface area contributed by atoms with Crippen LogP contribution in [0.1, 0.15) is 74.5 Å². The SMILES string of the molecule is CCC(C)(N)c1cnc(OC2CC2)c2cnc(Nc3ccc4c(n3)[C@H](C)[C@H](C)OC4=O)cc12. The molecule has 172 valence electrons. The normalized spacial score (nSPS) is 21.8. The number of nitrogens with two attached hydrogens (primary N) is 1. The fourth-order valence-electron chi connectivity index (χ4n) is 4.01. The van der Waals surface area contributed by atoms with E-state index in [1.165, 1.54) is 0 Å². The molecule has 1 saturated carbocycles. The zero-order valence-electron chi connectivity index (χ0n) is 19.4. The van der Waals surface area contributed by atoms with Crippen LogP contribution in [0.3, 0.4) is 0 Å². The Morgan fingerprint density at radius 3 is 2.70 bits per heavy atom. The molecule has 1 unspecified atom stereocenters. The van der Waals surface area contributed by atoms with Crippen molar-refractivity contribution < 1.29 is 14.3 Å². The molecule has 5 rings (SSSR count). The second kappa shape index (κ2) is 7.95. The van der Waals surface area contributed by atoms with Crippen LogP contribution in [-0.4, -0.2) is 33.1 Å². The number of ether oxygens (including phenoxy) is 2. The first-order valence-electron chi connectivity index (χ1n) is 11.5. The summed E-state index contributed by atoms with van der Waals surface area (Å²) in [6, 6.07) is 5.48. The quantitative estimate of drug-likeness (QED) is 0.529. The molecule has 3 N–H and O–H groups in total. The summed E-state index contributed by atoms with van der Waals surface area (Å²) in [6.45, 7) is 7.96. The van der Waals surface area contributed by atoms with Crippen LogP contribution in [0.4, 0.5) is 11.6 Å². The van der Waals surface area contributed by atoms with Gasteiger partial charge in [0.25, 0.3) is 0 Å². The van der Waals surface area contributed by atoms with Crippen molar-refractivity contribution in [2.75, 3.05) is 5.32 Å². The van der Waals surface area contributed by atoms with E-state index < -0.39 is 5.54 Å². The van der Waals surface area contributed by atoms with Crippen LogP contribution in [0.15, 0.2) is 30.6 Å². The Labute approximate surface area is 192 Å². The number of hydrogen-bond acceptors (Lipinski definition) is 8. The summed E-state index contributed by atoms with van der Waals surface area (Å²) in [7, 11) is 0. The molecule has 0 amide bonds. The highest BCUT2D eigenvalue weighted by molar-refractivity contribution is 5.93. The van der Waals surface area contributed by atoms with Gasteiger partial charge in [0, 0.05) is 23.9 Å². The summed E-state index contributed by atoms with van der Waals surface area (Å²) in [5.41, 5.74) is 8.25. The summed E-state index contributed by atoms with van der Waals surface area (Å²) in [4.78, 5) is 26.1. The lowest BCUT2D eigenvalue weighted by Gasteiger charge is -2.27. The number of carbonyl (C=O) groups is 1. The van der Waals surface area contributed by atoms with E-state index in [1.54, 1.807) is 18.3 Å². The number of hydrogen-bond donors (Lipinski definition) is 2. The monoisotopic (exact) mass is 447 g/mol. The van der Waals surface area contributed by atoms with Crippen LogP contribution >= 0.6 is 0 Å². The average Bonchev–Trinajstić information content (AvgIpc) is 3.61. The predicted octanol–water partition coefficient (Wildman–Crippen LogP) is 4.56. The van der Waals surface area contributed by atoms with Crippen molar-refractivity contribution in [2.45, 2.75) is 70.6 Å². The smallest absolute Gasteiger partial charge is 0.340 e. The average molecular weight is 448 g/mol. The minimum Gasteiger partial charge on any atom is -0.474 e. The van der Waals surface area contributed by atoms with Gasteiger partial charge in [-0.15, -0.1) is 0 Å². The molecular formula is C25H29N5O3. The van der Waals surface area contributed by atoms with Gasteiger partial charge in [-0.3, -0.25) is 0 Å². The number of pyridine rings is 3. The lowest BCUT2D eigenvalue weighted by atomic mass is 9.88. The van der Waals surface area contributed by atoms with E-state index >= 15 is 0 Å². The molecule has 8 nitrogen and oxygen atoms in total. The van der Waals surface area contributed by atoms with Gasteiger partial charge in [0.15, 0.2) is 0 Å². The zero-order valence-corrected chi connectivity index (χ0v) is 19.4. The van der Waals surface area contributed by atoms with Gasteiger partial charge >= 0.3 is 5.97 Å². The van der Waals surface area contributed by atoms with Crippen LogP contribution in [-0.2, 0) is 10.3 Å². The third kappa shape index (κ3) is 3.99. The number of cyclic esters (lactones) is 1. The fourth-order valence-corrected chi connectivity index (χ4v) is 4.01. The van der Waals surface area contributed by atoms with Gasteiger partial charge in [0.1, 0.15) is 23.8 Å². The largest absolute Gasteiger partial charge is 0.474 e. The second-order valence-corrected chi connectivity index (χ2v) is 9.33. The molecule has 1 fully saturated rings. The van der Waals surface area contributed by atoms with Gasteiger partial charge in [-0.25, -0.2) is 19.7 Å². The van der Waals surface area contributed by atoms with Crippen LogP contribution in [0.5, 0.6) is 5.88 Å². The third-order valence-electron chi connectivity index (χ3n) is 6.72. The molecule has 2 aliphatic rings. The maximum Gasteiger partial charge on any atom is 0.340 e. The molecule has 1 aliphatic carbocycles. The van der Waals surface area contributed by atoms with E-state index in [9.17, 15) is 4.79 Å². The molecule has 1 aliphatic heterocycles.